The van der Waals surface area contributed by atoms with Crippen molar-refractivity contribution in [1.82, 2.24) is 0 Å². The molecule has 0 aliphatic heterocycles. The van der Waals surface area contributed by atoms with E-state index in [-0.39, 0.29) is 5.97 Å². The third-order valence-corrected chi connectivity index (χ3v) is 14.4. The van der Waals surface area contributed by atoms with Crippen molar-refractivity contribution in [2.24, 2.45) is 46.3 Å². The van der Waals surface area contributed by atoms with Crippen LogP contribution in [0.2, 0.25) is 19.1 Å². The predicted octanol–water partition coefficient (Wildman–Crippen LogP) is 7.84. The Labute approximate surface area is 205 Å². The maximum Gasteiger partial charge on any atom is 0.305 e. The largest absolute Gasteiger partial charge is 0.469 e. The first-order valence-electron chi connectivity index (χ1n) is 14.3. The van der Waals surface area contributed by atoms with E-state index in [1.807, 2.05) is 0 Å². The molecule has 4 aliphatic rings. The Morgan fingerprint density at radius 3 is 2.39 bits per heavy atom. The molecular weight excluding hydrogens is 424 g/mol. The molecule has 0 bridgehead atoms. The molecule has 0 aromatic rings. The van der Waals surface area contributed by atoms with Crippen molar-refractivity contribution >= 4 is 14.3 Å². The number of carbonyl (C=O) groups excluding carboxylic acids is 1. The second-order valence-corrected chi connectivity index (χ2v) is 18.1. The second-order valence-electron chi connectivity index (χ2n) is 13.6. The molecule has 4 saturated carbocycles. The highest BCUT2D eigenvalue weighted by Crippen LogP contribution is 2.68. The van der Waals surface area contributed by atoms with Gasteiger partial charge in [0.25, 0.3) is 0 Å². The lowest BCUT2D eigenvalue weighted by Gasteiger charge is -2.61. The van der Waals surface area contributed by atoms with Crippen molar-refractivity contribution in [3.63, 3.8) is 0 Å². The zero-order valence-electron chi connectivity index (χ0n) is 22.8. The summed E-state index contributed by atoms with van der Waals surface area (Å²) in [5.41, 5.74) is 1.02. The molecule has 0 aromatic carbocycles. The van der Waals surface area contributed by atoms with Crippen LogP contribution >= 0.6 is 0 Å². The standard InChI is InChI=1S/C29H52O3Si/c1-8-33(6,7)32-22-15-17-28(3)21(19-22)10-11-23-25-13-12-24(20(2)9-14-27(30)31-5)29(25,4)18-16-26(23)28/h20-26H,8-19H2,1-7H3/t20-,21-,22-,23+,24-,25+,26+,28+,29-/m1/s1. The molecule has 4 heteroatoms. The quantitative estimate of drug-likeness (QED) is 0.277. The van der Waals surface area contributed by atoms with Gasteiger partial charge in [0.1, 0.15) is 0 Å². The van der Waals surface area contributed by atoms with E-state index in [1.165, 1.54) is 70.9 Å². The molecule has 4 fully saturated rings. The summed E-state index contributed by atoms with van der Waals surface area (Å²) >= 11 is 0. The van der Waals surface area contributed by atoms with Gasteiger partial charge in [-0.2, -0.15) is 0 Å². The van der Waals surface area contributed by atoms with Gasteiger partial charge in [0.2, 0.25) is 0 Å². The van der Waals surface area contributed by atoms with Crippen LogP contribution in [0.4, 0.5) is 0 Å². The molecule has 4 rings (SSSR count). The van der Waals surface area contributed by atoms with E-state index >= 15 is 0 Å². The molecule has 4 aliphatic carbocycles. The molecule has 33 heavy (non-hydrogen) atoms. The van der Waals surface area contributed by atoms with Crippen molar-refractivity contribution in [2.75, 3.05) is 7.11 Å². The van der Waals surface area contributed by atoms with Crippen LogP contribution in [-0.2, 0) is 14.0 Å². The summed E-state index contributed by atoms with van der Waals surface area (Å²) in [6.07, 6.45) is 14.6. The Kier molecular flexibility index (Phi) is 7.48. The van der Waals surface area contributed by atoms with E-state index in [0.29, 0.717) is 29.3 Å². The summed E-state index contributed by atoms with van der Waals surface area (Å²) < 4.78 is 11.7. The van der Waals surface area contributed by atoms with Crippen molar-refractivity contribution in [2.45, 2.75) is 124 Å². The highest BCUT2D eigenvalue weighted by Gasteiger charge is 2.60. The summed E-state index contributed by atoms with van der Waals surface area (Å²) in [7, 11) is 0.0464. The SMILES string of the molecule is CC[Si](C)(C)O[C@@H]1CC[C@@]2(C)[C@H](CC[C@@H]3[C@@H]2CC[C@]2(C)[C@@H]([C@H](C)CCC(=O)OC)CC[C@@H]32)C1. The van der Waals surface area contributed by atoms with E-state index in [0.717, 1.165) is 36.0 Å². The minimum absolute atomic E-state index is 0.0407. The van der Waals surface area contributed by atoms with E-state index in [2.05, 4.69) is 40.8 Å². The molecule has 0 aromatic heterocycles. The molecule has 0 unspecified atom stereocenters. The van der Waals surface area contributed by atoms with Crippen LogP contribution in [0.15, 0.2) is 0 Å². The third-order valence-electron chi connectivity index (χ3n) is 11.7. The van der Waals surface area contributed by atoms with Gasteiger partial charge in [0.05, 0.1) is 7.11 Å². The average molecular weight is 477 g/mol. The fraction of sp³-hybridized carbons (Fsp3) is 0.966. The highest BCUT2D eigenvalue weighted by molar-refractivity contribution is 6.71. The van der Waals surface area contributed by atoms with E-state index < -0.39 is 8.32 Å². The molecule has 3 nitrogen and oxygen atoms in total. The summed E-state index contributed by atoms with van der Waals surface area (Å²) in [6, 6.07) is 1.23. The predicted molar refractivity (Wildman–Crippen MR) is 138 cm³/mol. The van der Waals surface area contributed by atoms with Gasteiger partial charge in [-0.1, -0.05) is 27.7 Å². The fourth-order valence-corrected chi connectivity index (χ4v) is 10.8. The molecule has 190 valence electrons. The second kappa shape index (κ2) is 9.60. The van der Waals surface area contributed by atoms with Gasteiger partial charge in [0.15, 0.2) is 8.32 Å². The fourth-order valence-electron chi connectivity index (χ4n) is 9.48. The van der Waals surface area contributed by atoms with Crippen LogP contribution in [0, 0.1) is 46.3 Å². The average Bonchev–Trinajstić information content (AvgIpc) is 3.14. The number of fused-ring (bicyclic) bond motifs is 5. The number of methoxy groups -OCH3 is 1. The first-order valence-corrected chi connectivity index (χ1v) is 17.4. The molecule has 0 saturated heterocycles. The van der Waals surface area contributed by atoms with Gasteiger partial charge in [0, 0.05) is 12.5 Å². The minimum atomic E-state index is -1.47. The van der Waals surface area contributed by atoms with Crippen molar-refractivity contribution in [3.05, 3.63) is 0 Å². The van der Waals surface area contributed by atoms with E-state index in [4.69, 9.17) is 9.16 Å². The van der Waals surface area contributed by atoms with Gasteiger partial charge in [-0.05, 0) is 130 Å². The minimum Gasteiger partial charge on any atom is -0.469 e. The number of ether oxygens (including phenoxy) is 1. The zero-order chi connectivity index (χ0) is 24.0. The summed E-state index contributed by atoms with van der Waals surface area (Å²) in [4.78, 5) is 11.7. The molecule has 0 amide bonds. The van der Waals surface area contributed by atoms with Gasteiger partial charge in [-0.25, -0.2) is 0 Å². The number of rotatable bonds is 7. The van der Waals surface area contributed by atoms with Gasteiger partial charge in [-0.3, -0.25) is 4.79 Å². The number of hydrogen-bond donors (Lipinski definition) is 0. The van der Waals surface area contributed by atoms with Crippen molar-refractivity contribution < 1.29 is 14.0 Å². The molecule has 0 radical (unpaired) electrons. The maximum absolute atomic E-state index is 11.7. The monoisotopic (exact) mass is 476 g/mol. The Morgan fingerprint density at radius 2 is 1.70 bits per heavy atom. The van der Waals surface area contributed by atoms with E-state index in [1.54, 1.807) is 0 Å². The summed E-state index contributed by atoms with van der Waals surface area (Å²) in [5, 5.41) is 0. The lowest BCUT2D eigenvalue weighted by Crippen LogP contribution is -2.54. The Bertz CT molecular complexity index is 707. The maximum atomic E-state index is 11.7. The van der Waals surface area contributed by atoms with Crippen LogP contribution in [0.3, 0.4) is 0 Å². The number of hydrogen-bond acceptors (Lipinski definition) is 3. The number of esters is 1. The molecular formula is C29H52O3Si. The topological polar surface area (TPSA) is 35.5 Å². The lowest BCUT2D eigenvalue weighted by molar-refractivity contribution is -0.141. The van der Waals surface area contributed by atoms with Crippen molar-refractivity contribution in [3.8, 4) is 0 Å². The number of carbonyl (C=O) groups is 1. The molecule has 9 atom stereocenters. The van der Waals surface area contributed by atoms with Crippen molar-refractivity contribution in [1.29, 1.82) is 0 Å². The molecule has 0 heterocycles. The first kappa shape index (κ1) is 25.7. The first-order chi connectivity index (χ1) is 15.5. The van der Waals surface area contributed by atoms with Gasteiger partial charge >= 0.3 is 5.97 Å². The lowest BCUT2D eigenvalue weighted by atomic mass is 9.44. The molecule has 0 spiro atoms. The van der Waals surface area contributed by atoms with Crippen LogP contribution in [0.1, 0.15) is 98.3 Å². The Balaban J connectivity index is 1.43. The zero-order valence-corrected chi connectivity index (χ0v) is 23.8. The van der Waals surface area contributed by atoms with Gasteiger partial charge < -0.3 is 9.16 Å². The highest BCUT2D eigenvalue weighted by atomic mass is 28.4. The smallest absolute Gasteiger partial charge is 0.305 e. The van der Waals surface area contributed by atoms with Crippen LogP contribution in [-0.4, -0.2) is 27.5 Å². The molecule has 0 N–H and O–H groups in total. The van der Waals surface area contributed by atoms with Crippen LogP contribution in [0.5, 0.6) is 0 Å². The third kappa shape index (κ3) is 4.73. The Hall–Kier alpha value is -0.353. The van der Waals surface area contributed by atoms with Crippen LogP contribution in [0.25, 0.3) is 0 Å². The van der Waals surface area contributed by atoms with E-state index in [9.17, 15) is 4.79 Å². The van der Waals surface area contributed by atoms with Gasteiger partial charge in [-0.15, -0.1) is 0 Å². The van der Waals surface area contributed by atoms with Crippen LogP contribution < -0.4 is 0 Å². The Morgan fingerprint density at radius 1 is 1.00 bits per heavy atom. The normalized spacial score (nSPS) is 43.8. The summed E-state index contributed by atoms with van der Waals surface area (Å²) in [5.74, 6) is 5.00. The summed E-state index contributed by atoms with van der Waals surface area (Å²) in [6.45, 7) is 14.9.